The molecular weight excluding hydrogens is 260 g/mol. The Hall–Kier alpha value is -1.35. The lowest BCUT2D eigenvalue weighted by Gasteiger charge is -2.26. The largest absolute Gasteiger partial charge is 0.326 e. The fourth-order valence-electron chi connectivity index (χ4n) is 2.94. The highest BCUT2D eigenvalue weighted by atomic mass is 16.2. The predicted octanol–water partition coefficient (Wildman–Crippen LogP) is 3.20. The van der Waals surface area contributed by atoms with Gasteiger partial charge in [0.2, 0.25) is 5.91 Å². The molecule has 3 heteroatoms. The minimum Gasteiger partial charge on any atom is -0.326 e. The average molecular weight is 288 g/mol. The first kappa shape index (κ1) is 16.0. The molecule has 1 amide bonds. The van der Waals surface area contributed by atoms with Gasteiger partial charge >= 0.3 is 0 Å². The Balaban J connectivity index is 2.05. The van der Waals surface area contributed by atoms with Gasteiger partial charge in [-0.15, -0.1) is 0 Å². The van der Waals surface area contributed by atoms with E-state index in [1.165, 1.54) is 5.56 Å². The van der Waals surface area contributed by atoms with E-state index in [0.717, 1.165) is 32.2 Å². The van der Waals surface area contributed by atoms with E-state index in [0.29, 0.717) is 5.92 Å². The topological polar surface area (TPSA) is 32.3 Å². The Morgan fingerprint density at radius 2 is 1.95 bits per heavy atom. The summed E-state index contributed by atoms with van der Waals surface area (Å²) in [5, 5.41) is 3.55. The third-order valence-electron chi connectivity index (χ3n) is 4.40. The lowest BCUT2D eigenvalue weighted by Crippen LogP contribution is -2.39. The molecule has 0 aromatic heterocycles. The number of nitrogens with one attached hydrogen (secondary N) is 1. The predicted molar refractivity (Wildman–Crippen MR) is 86.9 cm³/mol. The van der Waals surface area contributed by atoms with Crippen LogP contribution in [0.5, 0.6) is 0 Å². The lowest BCUT2D eigenvalue weighted by molar-refractivity contribution is -0.130. The van der Waals surface area contributed by atoms with Crippen molar-refractivity contribution in [2.24, 2.45) is 5.92 Å². The summed E-state index contributed by atoms with van der Waals surface area (Å²) in [7, 11) is 0. The van der Waals surface area contributed by atoms with Gasteiger partial charge in [-0.3, -0.25) is 10.1 Å². The number of carbonyl (C=O) groups excluding carboxylic acids is 1. The molecule has 0 aliphatic carbocycles. The Kier molecular flexibility index (Phi) is 5.80. The summed E-state index contributed by atoms with van der Waals surface area (Å²) in [5.74, 6) is 0.836. The van der Waals surface area contributed by atoms with E-state index in [-0.39, 0.29) is 18.1 Å². The molecular formula is C18H28N2O. The van der Waals surface area contributed by atoms with E-state index in [1.807, 2.05) is 18.2 Å². The molecule has 1 aromatic rings. The molecule has 0 spiro atoms. The summed E-state index contributed by atoms with van der Waals surface area (Å²) < 4.78 is 0. The van der Waals surface area contributed by atoms with Crippen molar-refractivity contribution in [1.29, 1.82) is 0 Å². The first-order chi connectivity index (χ1) is 10.2. The van der Waals surface area contributed by atoms with Crippen molar-refractivity contribution in [2.75, 3.05) is 6.54 Å². The summed E-state index contributed by atoms with van der Waals surface area (Å²) >= 11 is 0. The first-order valence-corrected chi connectivity index (χ1v) is 8.26. The Labute approximate surface area is 128 Å². The molecule has 3 nitrogen and oxygen atoms in total. The molecule has 1 N–H and O–H groups in total. The number of amides is 1. The van der Waals surface area contributed by atoms with Crippen molar-refractivity contribution >= 4 is 5.91 Å². The second-order valence-corrected chi connectivity index (χ2v) is 6.22. The lowest BCUT2D eigenvalue weighted by atomic mass is 10.1. The molecule has 0 saturated carbocycles. The molecule has 0 bridgehead atoms. The number of hydrogen-bond donors (Lipinski definition) is 1. The monoisotopic (exact) mass is 288 g/mol. The zero-order chi connectivity index (χ0) is 15.2. The minimum absolute atomic E-state index is 0.0620. The van der Waals surface area contributed by atoms with Crippen LogP contribution in [-0.2, 0) is 11.2 Å². The second kappa shape index (κ2) is 7.60. The number of rotatable bonds is 7. The third kappa shape index (κ3) is 4.07. The van der Waals surface area contributed by atoms with Crippen LogP contribution in [0.15, 0.2) is 30.3 Å². The normalized spacial score (nSPS) is 23.6. The number of nitrogens with zero attached hydrogens (tertiary/aromatic N) is 1. The van der Waals surface area contributed by atoms with E-state index in [1.54, 1.807) is 0 Å². The van der Waals surface area contributed by atoms with Gasteiger partial charge in [-0.2, -0.15) is 0 Å². The summed E-state index contributed by atoms with van der Waals surface area (Å²) in [6, 6.07) is 10.2. The van der Waals surface area contributed by atoms with Gasteiger partial charge in [-0.1, -0.05) is 63.9 Å². The highest BCUT2D eigenvalue weighted by Gasteiger charge is 2.38. The summed E-state index contributed by atoms with van der Waals surface area (Å²) in [4.78, 5) is 14.8. The van der Waals surface area contributed by atoms with Gasteiger partial charge in [-0.25, -0.2) is 0 Å². The van der Waals surface area contributed by atoms with Gasteiger partial charge in [0.1, 0.15) is 0 Å². The number of hydrogen-bond acceptors (Lipinski definition) is 2. The van der Waals surface area contributed by atoms with E-state index in [4.69, 9.17) is 0 Å². The molecule has 1 fully saturated rings. The van der Waals surface area contributed by atoms with Crippen LogP contribution >= 0.6 is 0 Å². The highest BCUT2D eigenvalue weighted by molar-refractivity contribution is 5.84. The number of carbonyl (C=O) groups is 1. The van der Waals surface area contributed by atoms with Gasteiger partial charge < -0.3 is 4.90 Å². The standard InChI is InChI=1S/C18H28N2O/c1-4-9-17-19-16(12-15-10-7-6-8-11-15)18(21)20(17)13-14(3)5-2/h6-8,10-11,14,16-17,19H,4-5,9,12-13H2,1-3H3. The third-order valence-corrected chi connectivity index (χ3v) is 4.40. The van der Waals surface area contributed by atoms with Gasteiger partial charge in [-0.05, 0) is 24.3 Å². The highest BCUT2D eigenvalue weighted by Crippen LogP contribution is 2.20. The summed E-state index contributed by atoms with van der Waals surface area (Å²) in [6.45, 7) is 7.46. The molecule has 1 aromatic carbocycles. The van der Waals surface area contributed by atoms with Crippen molar-refractivity contribution in [3.05, 3.63) is 35.9 Å². The molecule has 1 heterocycles. The molecule has 3 unspecified atom stereocenters. The Bertz CT molecular complexity index is 446. The van der Waals surface area contributed by atoms with E-state index >= 15 is 0 Å². The van der Waals surface area contributed by atoms with Crippen LogP contribution in [0.2, 0.25) is 0 Å². The molecule has 3 atom stereocenters. The van der Waals surface area contributed by atoms with Crippen LogP contribution in [-0.4, -0.2) is 29.6 Å². The van der Waals surface area contributed by atoms with Gasteiger partial charge in [0.05, 0.1) is 12.2 Å². The quantitative estimate of drug-likeness (QED) is 0.835. The van der Waals surface area contributed by atoms with Crippen molar-refractivity contribution in [3.8, 4) is 0 Å². The van der Waals surface area contributed by atoms with Crippen molar-refractivity contribution in [1.82, 2.24) is 10.2 Å². The maximum Gasteiger partial charge on any atom is 0.241 e. The molecule has 1 aliphatic heterocycles. The van der Waals surface area contributed by atoms with Crippen molar-refractivity contribution in [3.63, 3.8) is 0 Å². The average Bonchev–Trinajstić information content (AvgIpc) is 2.77. The van der Waals surface area contributed by atoms with Crippen LogP contribution in [0.3, 0.4) is 0 Å². The van der Waals surface area contributed by atoms with Crippen LogP contribution in [0, 0.1) is 5.92 Å². The maximum absolute atomic E-state index is 12.7. The Morgan fingerprint density at radius 3 is 2.57 bits per heavy atom. The fourth-order valence-corrected chi connectivity index (χ4v) is 2.94. The maximum atomic E-state index is 12.7. The summed E-state index contributed by atoms with van der Waals surface area (Å²) in [5.41, 5.74) is 1.23. The zero-order valence-corrected chi connectivity index (χ0v) is 13.5. The second-order valence-electron chi connectivity index (χ2n) is 6.22. The fraction of sp³-hybridized carbons (Fsp3) is 0.611. The zero-order valence-electron chi connectivity index (χ0n) is 13.5. The molecule has 21 heavy (non-hydrogen) atoms. The van der Waals surface area contributed by atoms with E-state index in [2.05, 4.69) is 43.1 Å². The first-order valence-electron chi connectivity index (χ1n) is 8.26. The van der Waals surface area contributed by atoms with E-state index in [9.17, 15) is 4.79 Å². The molecule has 1 saturated heterocycles. The van der Waals surface area contributed by atoms with Crippen LogP contribution in [0.4, 0.5) is 0 Å². The Morgan fingerprint density at radius 1 is 1.24 bits per heavy atom. The molecule has 116 valence electrons. The molecule has 1 aliphatic rings. The van der Waals surface area contributed by atoms with Crippen molar-refractivity contribution < 1.29 is 4.79 Å². The van der Waals surface area contributed by atoms with Gasteiger partial charge in [0, 0.05) is 6.54 Å². The smallest absolute Gasteiger partial charge is 0.241 e. The van der Waals surface area contributed by atoms with Gasteiger partial charge in [0.15, 0.2) is 0 Å². The van der Waals surface area contributed by atoms with Crippen molar-refractivity contribution in [2.45, 2.75) is 58.7 Å². The van der Waals surface area contributed by atoms with Crippen LogP contribution < -0.4 is 5.32 Å². The summed E-state index contributed by atoms with van der Waals surface area (Å²) in [6.07, 6.45) is 4.25. The van der Waals surface area contributed by atoms with Gasteiger partial charge in [0.25, 0.3) is 0 Å². The minimum atomic E-state index is -0.0620. The van der Waals surface area contributed by atoms with Crippen LogP contribution in [0.1, 0.15) is 45.6 Å². The number of benzene rings is 1. The van der Waals surface area contributed by atoms with Crippen LogP contribution in [0.25, 0.3) is 0 Å². The SMILES string of the molecule is CCCC1NC(Cc2ccccc2)C(=O)N1CC(C)CC. The van der Waals surface area contributed by atoms with E-state index < -0.39 is 0 Å². The molecule has 0 radical (unpaired) electrons. The molecule has 2 rings (SSSR count).